The van der Waals surface area contributed by atoms with Gasteiger partial charge < -0.3 is 21.3 Å². The van der Waals surface area contributed by atoms with Gasteiger partial charge >= 0.3 is 6.18 Å². The third-order valence-electron chi connectivity index (χ3n) is 6.82. The van der Waals surface area contributed by atoms with Crippen LogP contribution in [0.1, 0.15) is 42.6 Å². The van der Waals surface area contributed by atoms with Crippen LogP contribution in [-0.2, 0) is 11.0 Å². The third kappa shape index (κ3) is 5.93. The number of rotatable bonds is 6. The maximum Gasteiger partial charge on any atom is 0.416 e. The van der Waals surface area contributed by atoms with E-state index in [9.17, 15) is 22.8 Å². The summed E-state index contributed by atoms with van der Waals surface area (Å²) >= 11 is 0. The Kier molecular flexibility index (Phi) is 7.52. The van der Waals surface area contributed by atoms with Gasteiger partial charge in [-0.05, 0) is 51.0 Å². The standard InChI is InChI=1S/C28H29F3N8O2/c1-16(2)35-26(41)19-4-3-12-38(15-19)27-37-22(23-24(32)34-11-13-39(23)27)17-5-7-18(8-6-17)25(40)36-21-14-20(9-10-33-21)28(29,30)31/h5-11,13-14,16,19H,3-4,12,15H2,1-2H3,(H2,32,34)(H,35,41)(H,33,36,40). The van der Waals surface area contributed by atoms with E-state index in [0.717, 1.165) is 37.7 Å². The molecule has 41 heavy (non-hydrogen) atoms. The summed E-state index contributed by atoms with van der Waals surface area (Å²) in [7, 11) is 0. The number of aromatic nitrogens is 4. The first kappa shape index (κ1) is 27.9. The fourth-order valence-electron chi connectivity index (χ4n) is 4.89. The average molecular weight is 567 g/mol. The topological polar surface area (TPSA) is 131 Å². The molecule has 214 valence electrons. The summed E-state index contributed by atoms with van der Waals surface area (Å²) in [5.74, 6) is -0.0850. The Morgan fingerprint density at radius 1 is 1.10 bits per heavy atom. The molecule has 1 aliphatic rings. The van der Waals surface area contributed by atoms with Crippen molar-refractivity contribution >= 4 is 34.9 Å². The molecule has 3 aromatic heterocycles. The molecule has 0 radical (unpaired) electrons. The lowest BCUT2D eigenvalue weighted by Crippen LogP contribution is -2.45. The first-order valence-electron chi connectivity index (χ1n) is 13.1. The number of carbonyl (C=O) groups excluding carboxylic acids is 2. The summed E-state index contributed by atoms with van der Waals surface area (Å²) < 4.78 is 40.9. The first-order chi connectivity index (χ1) is 19.5. The number of nitrogens with zero attached hydrogens (tertiary/aromatic N) is 5. The van der Waals surface area contributed by atoms with Crippen LogP contribution in [0, 0.1) is 5.92 Å². The minimum Gasteiger partial charge on any atom is -0.382 e. The van der Waals surface area contributed by atoms with Crippen molar-refractivity contribution in [3.05, 3.63) is 66.1 Å². The van der Waals surface area contributed by atoms with E-state index in [1.54, 1.807) is 36.7 Å². The van der Waals surface area contributed by atoms with Crippen LogP contribution < -0.4 is 21.3 Å². The number of amides is 2. The largest absolute Gasteiger partial charge is 0.416 e. The highest BCUT2D eigenvalue weighted by Crippen LogP contribution is 2.33. The smallest absolute Gasteiger partial charge is 0.382 e. The lowest BCUT2D eigenvalue weighted by Gasteiger charge is -2.32. The molecule has 0 saturated carbocycles. The molecule has 1 aromatic carbocycles. The number of pyridine rings is 1. The molecule has 4 N–H and O–H groups in total. The monoisotopic (exact) mass is 566 g/mol. The zero-order valence-corrected chi connectivity index (χ0v) is 22.4. The number of halogens is 3. The predicted molar refractivity (Wildman–Crippen MR) is 148 cm³/mol. The van der Waals surface area contributed by atoms with Crippen LogP contribution in [0.5, 0.6) is 0 Å². The third-order valence-corrected chi connectivity index (χ3v) is 6.82. The Hall–Kier alpha value is -4.68. The molecule has 0 spiro atoms. The van der Waals surface area contributed by atoms with Crippen LogP contribution in [0.3, 0.4) is 0 Å². The minimum absolute atomic E-state index is 0.0150. The molecule has 1 atom stereocenters. The van der Waals surface area contributed by atoms with Gasteiger partial charge in [0, 0.05) is 48.8 Å². The number of nitrogens with one attached hydrogen (secondary N) is 2. The predicted octanol–water partition coefficient (Wildman–Crippen LogP) is 4.39. The van der Waals surface area contributed by atoms with Crippen LogP contribution in [0.4, 0.5) is 30.8 Å². The van der Waals surface area contributed by atoms with Crippen molar-refractivity contribution in [1.29, 1.82) is 0 Å². The number of hydrogen-bond donors (Lipinski definition) is 3. The number of imidazole rings is 1. The fourth-order valence-corrected chi connectivity index (χ4v) is 4.89. The van der Waals surface area contributed by atoms with E-state index in [-0.39, 0.29) is 35.1 Å². The summed E-state index contributed by atoms with van der Waals surface area (Å²) in [6, 6.07) is 8.11. The van der Waals surface area contributed by atoms with Gasteiger partial charge in [-0.1, -0.05) is 12.1 Å². The van der Waals surface area contributed by atoms with Crippen LogP contribution in [0.25, 0.3) is 16.8 Å². The van der Waals surface area contributed by atoms with Crippen LogP contribution in [0.15, 0.2) is 55.0 Å². The van der Waals surface area contributed by atoms with Gasteiger partial charge in [0.15, 0.2) is 0 Å². The van der Waals surface area contributed by atoms with E-state index < -0.39 is 17.6 Å². The highest BCUT2D eigenvalue weighted by Gasteiger charge is 2.31. The molecular weight excluding hydrogens is 537 g/mol. The zero-order valence-electron chi connectivity index (χ0n) is 22.4. The molecule has 2 amide bonds. The van der Waals surface area contributed by atoms with Crippen molar-refractivity contribution in [3.8, 4) is 11.3 Å². The second-order valence-electron chi connectivity index (χ2n) is 10.2. The van der Waals surface area contributed by atoms with E-state index >= 15 is 0 Å². The number of hydrogen-bond acceptors (Lipinski definition) is 7. The Bertz CT molecular complexity index is 1580. The summed E-state index contributed by atoms with van der Waals surface area (Å²) in [4.78, 5) is 40.4. The molecule has 1 saturated heterocycles. The van der Waals surface area contributed by atoms with E-state index in [0.29, 0.717) is 29.3 Å². The van der Waals surface area contributed by atoms with Crippen molar-refractivity contribution in [2.24, 2.45) is 5.92 Å². The Morgan fingerprint density at radius 2 is 1.85 bits per heavy atom. The molecule has 1 fully saturated rings. The van der Waals surface area contributed by atoms with Crippen molar-refractivity contribution in [2.75, 3.05) is 29.0 Å². The SMILES string of the molecule is CC(C)NC(=O)C1CCCN(c2nc(-c3ccc(C(=O)Nc4cc(C(F)(F)F)ccn4)cc3)c3c(N)nccn23)C1. The normalized spacial score (nSPS) is 15.8. The molecule has 0 aliphatic carbocycles. The summed E-state index contributed by atoms with van der Waals surface area (Å²) in [6.07, 6.45) is 1.39. The highest BCUT2D eigenvalue weighted by molar-refractivity contribution is 6.04. The number of piperidine rings is 1. The lowest BCUT2D eigenvalue weighted by atomic mass is 9.97. The lowest BCUT2D eigenvalue weighted by molar-refractivity contribution is -0.137. The summed E-state index contributed by atoms with van der Waals surface area (Å²) in [5.41, 5.74) is 7.37. The number of nitrogens with two attached hydrogens (primary N) is 1. The molecular formula is C28H29F3N8O2. The molecule has 10 nitrogen and oxygen atoms in total. The van der Waals surface area contributed by atoms with E-state index in [2.05, 4.69) is 25.5 Å². The van der Waals surface area contributed by atoms with Crippen molar-refractivity contribution in [2.45, 2.75) is 38.9 Å². The van der Waals surface area contributed by atoms with Gasteiger partial charge in [0.2, 0.25) is 11.9 Å². The van der Waals surface area contributed by atoms with Gasteiger partial charge in [-0.25, -0.2) is 15.0 Å². The molecule has 13 heteroatoms. The number of nitrogen functional groups attached to an aromatic ring is 1. The van der Waals surface area contributed by atoms with Gasteiger partial charge in [0.25, 0.3) is 5.91 Å². The summed E-state index contributed by atoms with van der Waals surface area (Å²) in [5, 5.41) is 5.39. The number of carbonyl (C=O) groups is 2. The van der Waals surface area contributed by atoms with Crippen LogP contribution in [0.2, 0.25) is 0 Å². The van der Waals surface area contributed by atoms with E-state index in [1.807, 2.05) is 18.2 Å². The molecule has 1 aliphatic heterocycles. The number of benzene rings is 1. The Labute approximate surface area is 233 Å². The van der Waals surface area contributed by atoms with Gasteiger partial charge in [0.1, 0.15) is 22.8 Å². The van der Waals surface area contributed by atoms with Crippen molar-refractivity contribution in [1.82, 2.24) is 24.7 Å². The van der Waals surface area contributed by atoms with Gasteiger partial charge in [-0.3, -0.25) is 14.0 Å². The van der Waals surface area contributed by atoms with Gasteiger partial charge in [0.05, 0.1) is 11.5 Å². The van der Waals surface area contributed by atoms with Crippen molar-refractivity contribution in [3.63, 3.8) is 0 Å². The number of fused-ring (bicyclic) bond motifs is 1. The van der Waals surface area contributed by atoms with Crippen molar-refractivity contribution < 1.29 is 22.8 Å². The molecule has 5 rings (SSSR count). The second-order valence-corrected chi connectivity index (χ2v) is 10.2. The van der Waals surface area contributed by atoms with Crippen LogP contribution >= 0.6 is 0 Å². The first-order valence-corrected chi connectivity index (χ1v) is 13.1. The van der Waals surface area contributed by atoms with Gasteiger partial charge in [-0.2, -0.15) is 13.2 Å². The molecule has 0 bridgehead atoms. The molecule has 4 aromatic rings. The highest BCUT2D eigenvalue weighted by atomic mass is 19.4. The van der Waals surface area contributed by atoms with E-state index in [4.69, 9.17) is 10.7 Å². The number of alkyl halides is 3. The Balaban J connectivity index is 1.41. The fraction of sp³-hybridized carbons (Fsp3) is 0.321. The average Bonchev–Trinajstić information content (AvgIpc) is 3.34. The second kappa shape index (κ2) is 11.1. The zero-order chi connectivity index (χ0) is 29.3. The number of anilines is 3. The minimum atomic E-state index is -4.55. The quantitative estimate of drug-likeness (QED) is 0.316. The van der Waals surface area contributed by atoms with E-state index in [1.165, 1.54) is 0 Å². The Morgan fingerprint density at radius 3 is 2.56 bits per heavy atom. The maximum atomic E-state index is 13.0. The molecule has 4 heterocycles. The molecule has 1 unspecified atom stereocenters. The van der Waals surface area contributed by atoms with Gasteiger partial charge in [-0.15, -0.1) is 0 Å². The van der Waals surface area contributed by atoms with Crippen LogP contribution in [-0.4, -0.2) is 50.3 Å². The maximum absolute atomic E-state index is 13.0. The summed E-state index contributed by atoms with van der Waals surface area (Å²) in [6.45, 7) is 5.08.